The molecule has 0 bridgehead atoms. The van der Waals surface area contributed by atoms with Gasteiger partial charge in [-0.2, -0.15) is 0 Å². The van der Waals surface area contributed by atoms with Gasteiger partial charge in [-0.15, -0.1) is 0 Å². The summed E-state index contributed by atoms with van der Waals surface area (Å²) in [5.41, 5.74) is -1.04. The maximum absolute atomic E-state index is 11.3. The second-order valence-corrected chi connectivity index (χ2v) is 6.17. The lowest BCUT2D eigenvalue weighted by Crippen LogP contribution is -2.29. The predicted octanol–water partition coefficient (Wildman–Crippen LogP) is 0.423. The Bertz CT molecular complexity index is 600. The first-order valence-corrected chi connectivity index (χ1v) is 7.57. The summed E-state index contributed by atoms with van der Waals surface area (Å²) >= 11 is 3.00. The number of aromatic nitrogens is 2. The van der Waals surface area contributed by atoms with Gasteiger partial charge >= 0.3 is 13.3 Å². The Morgan fingerprint density at radius 3 is 2.67 bits per heavy atom. The van der Waals surface area contributed by atoms with Crippen LogP contribution < -0.4 is 11.2 Å². The van der Waals surface area contributed by atoms with Crippen LogP contribution in [0.5, 0.6) is 0 Å². The maximum Gasteiger partial charge on any atom is 0.328 e. The number of nitrogens with one attached hydrogen (secondary N) is 1. The molecule has 1 aromatic heterocycles. The lowest BCUT2D eigenvalue weighted by molar-refractivity contribution is 0.373. The number of rotatable bonds is 5. The maximum atomic E-state index is 11.3. The first-order chi connectivity index (χ1) is 8.29. The van der Waals surface area contributed by atoms with Crippen LogP contribution in [-0.2, 0) is 11.1 Å². The second kappa shape index (κ2) is 6.29. The third-order valence-electron chi connectivity index (χ3n) is 2.02. The molecule has 3 N–H and O–H groups in total. The van der Waals surface area contributed by atoms with E-state index in [1.165, 1.54) is 10.8 Å². The van der Waals surface area contributed by atoms with E-state index in [1.807, 2.05) is 0 Å². The van der Waals surface area contributed by atoms with E-state index in [0.717, 1.165) is 0 Å². The first kappa shape index (κ1) is 15.1. The molecule has 0 aliphatic heterocycles. The van der Waals surface area contributed by atoms with Crippen molar-refractivity contribution in [3.05, 3.63) is 43.7 Å². The average molecular weight is 339 g/mol. The molecule has 0 aromatic carbocycles. The van der Waals surface area contributed by atoms with Crippen molar-refractivity contribution in [1.82, 2.24) is 9.55 Å². The summed E-state index contributed by atoms with van der Waals surface area (Å²) in [6.45, 7) is 0.218. The van der Waals surface area contributed by atoms with Crippen LogP contribution in [0.4, 0.5) is 0 Å². The van der Waals surface area contributed by atoms with Gasteiger partial charge in [0.1, 0.15) is 0 Å². The molecule has 0 spiro atoms. The predicted molar refractivity (Wildman–Crippen MR) is 69.7 cm³/mol. The van der Waals surface area contributed by atoms with Gasteiger partial charge in [0, 0.05) is 12.7 Å². The standard InChI is InChI=1S/C9H12BrN2O5P/c10-7-6-12(9(14)11-8(7)13)4-2-1-3-5-18(15,16)17/h1-2,6H,3-5H2,(H,11,13,14)(H2,15,16,17)/b2-1+. The van der Waals surface area contributed by atoms with E-state index >= 15 is 0 Å². The van der Waals surface area contributed by atoms with Gasteiger partial charge in [-0.05, 0) is 22.4 Å². The molecule has 9 heteroatoms. The molecule has 1 rings (SSSR count). The summed E-state index contributed by atoms with van der Waals surface area (Å²) in [7, 11) is -3.98. The minimum atomic E-state index is -3.98. The summed E-state index contributed by atoms with van der Waals surface area (Å²) in [5.74, 6) is 0. The van der Waals surface area contributed by atoms with Crippen LogP contribution in [0.1, 0.15) is 6.42 Å². The van der Waals surface area contributed by atoms with Crippen LogP contribution in [-0.4, -0.2) is 25.5 Å². The molecule has 0 atom stereocenters. The molecule has 0 saturated heterocycles. The Morgan fingerprint density at radius 2 is 2.06 bits per heavy atom. The smallest absolute Gasteiger partial charge is 0.324 e. The van der Waals surface area contributed by atoms with Gasteiger partial charge in [-0.3, -0.25) is 18.9 Å². The highest BCUT2D eigenvalue weighted by Crippen LogP contribution is 2.34. The molecule has 100 valence electrons. The van der Waals surface area contributed by atoms with Gasteiger partial charge in [-0.25, -0.2) is 4.79 Å². The van der Waals surface area contributed by atoms with Crippen LogP contribution >= 0.6 is 23.5 Å². The fourth-order valence-electron chi connectivity index (χ4n) is 1.17. The fraction of sp³-hybridized carbons (Fsp3) is 0.333. The molecule has 18 heavy (non-hydrogen) atoms. The summed E-state index contributed by atoms with van der Waals surface area (Å²) in [5, 5.41) is 0. The zero-order valence-electron chi connectivity index (χ0n) is 9.24. The molecule has 0 amide bonds. The lowest BCUT2D eigenvalue weighted by Gasteiger charge is -2.01. The summed E-state index contributed by atoms with van der Waals surface area (Å²) in [4.78, 5) is 41.8. The molecule has 1 aromatic rings. The van der Waals surface area contributed by atoms with Gasteiger partial charge < -0.3 is 9.79 Å². The summed E-state index contributed by atoms with van der Waals surface area (Å²) < 4.78 is 12.1. The highest BCUT2D eigenvalue weighted by atomic mass is 79.9. The summed E-state index contributed by atoms with van der Waals surface area (Å²) in [6, 6.07) is 0. The van der Waals surface area contributed by atoms with Crippen molar-refractivity contribution in [3.63, 3.8) is 0 Å². The van der Waals surface area contributed by atoms with E-state index in [2.05, 4.69) is 20.9 Å². The normalized spacial score (nSPS) is 12.2. The Balaban J connectivity index is 2.62. The van der Waals surface area contributed by atoms with E-state index in [-0.39, 0.29) is 23.6 Å². The molecule has 0 unspecified atom stereocenters. The lowest BCUT2D eigenvalue weighted by atomic mass is 10.4. The number of nitrogens with zero attached hydrogens (tertiary/aromatic N) is 1. The highest BCUT2D eigenvalue weighted by Gasteiger charge is 2.09. The van der Waals surface area contributed by atoms with Crippen LogP contribution in [0.25, 0.3) is 0 Å². The Kier molecular flexibility index (Phi) is 5.28. The van der Waals surface area contributed by atoms with Crippen molar-refractivity contribution in [3.8, 4) is 0 Å². The van der Waals surface area contributed by atoms with Crippen molar-refractivity contribution in [2.75, 3.05) is 6.16 Å². The fourth-order valence-corrected chi connectivity index (χ4v) is 2.00. The molecule has 0 aliphatic rings. The van der Waals surface area contributed by atoms with Crippen LogP contribution in [0.3, 0.4) is 0 Å². The molecule has 7 nitrogen and oxygen atoms in total. The topological polar surface area (TPSA) is 112 Å². The molecule has 0 aliphatic carbocycles. The number of allylic oxidation sites excluding steroid dienone is 2. The average Bonchev–Trinajstić information content (AvgIpc) is 2.23. The molecule has 0 saturated carbocycles. The largest absolute Gasteiger partial charge is 0.328 e. The third-order valence-corrected chi connectivity index (χ3v) is 3.43. The van der Waals surface area contributed by atoms with Crippen molar-refractivity contribution in [2.45, 2.75) is 13.0 Å². The zero-order chi connectivity index (χ0) is 13.8. The van der Waals surface area contributed by atoms with Crippen molar-refractivity contribution < 1.29 is 14.4 Å². The van der Waals surface area contributed by atoms with Crippen LogP contribution in [0.2, 0.25) is 0 Å². The zero-order valence-corrected chi connectivity index (χ0v) is 11.7. The second-order valence-electron chi connectivity index (χ2n) is 3.54. The minimum Gasteiger partial charge on any atom is -0.324 e. The Hall–Kier alpha value is -0.950. The van der Waals surface area contributed by atoms with Crippen molar-refractivity contribution >= 4 is 23.5 Å². The third kappa shape index (κ3) is 5.14. The van der Waals surface area contributed by atoms with Gasteiger partial charge in [0.05, 0.1) is 10.6 Å². The van der Waals surface area contributed by atoms with Crippen molar-refractivity contribution in [1.29, 1.82) is 0 Å². The molecule has 1 heterocycles. The van der Waals surface area contributed by atoms with Gasteiger partial charge in [0.25, 0.3) is 5.56 Å². The van der Waals surface area contributed by atoms with E-state index < -0.39 is 18.8 Å². The summed E-state index contributed by atoms with van der Waals surface area (Å²) in [6.07, 6.45) is 4.53. The van der Waals surface area contributed by atoms with E-state index in [4.69, 9.17) is 9.79 Å². The molecular weight excluding hydrogens is 327 g/mol. The molecule has 0 fully saturated rings. The van der Waals surface area contributed by atoms with Gasteiger partial charge in [0.15, 0.2) is 0 Å². The molecular formula is C9H12BrN2O5P. The number of halogens is 1. The quantitative estimate of drug-likeness (QED) is 0.532. The van der Waals surface area contributed by atoms with Gasteiger partial charge in [0.2, 0.25) is 0 Å². The van der Waals surface area contributed by atoms with E-state index in [9.17, 15) is 14.2 Å². The van der Waals surface area contributed by atoms with Crippen LogP contribution in [0, 0.1) is 0 Å². The van der Waals surface area contributed by atoms with Gasteiger partial charge in [-0.1, -0.05) is 12.2 Å². The highest BCUT2D eigenvalue weighted by molar-refractivity contribution is 9.10. The van der Waals surface area contributed by atoms with E-state index in [0.29, 0.717) is 0 Å². The van der Waals surface area contributed by atoms with Crippen LogP contribution in [0.15, 0.2) is 32.4 Å². The van der Waals surface area contributed by atoms with E-state index in [1.54, 1.807) is 12.2 Å². The number of hydrogen-bond acceptors (Lipinski definition) is 3. The van der Waals surface area contributed by atoms with Crippen molar-refractivity contribution in [2.24, 2.45) is 0 Å². The Morgan fingerprint density at radius 1 is 1.39 bits per heavy atom. The first-order valence-electron chi connectivity index (χ1n) is 4.98. The number of aromatic amines is 1. The SMILES string of the molecule is O=c1[nH]c(=O)n(C/C=C/CCP(=O)(O)O)cc1Br. The minimum absolute atomic E-state index is 0.218. The molecule has 0 radical (unpaired) electrons. The monoisotopic (exact) mass is 338 g/mol. The number of H-pyrrole nitrogens is 1. The number of hydrogen-bond donors (Lipinski definition) is 3. The Labute approximate surface area is 110 Å².